The van der Waals surface area contributed by atoms with Crippen molar-refractivity contribution in [1.29, 1.82) is 0 Å². The summed E-state index contributed by atoms with van der Waals surface area (Å²) in [6.07, 6.45) is 2.53. The van der Waals surface area contributed by atoms with Crippen LogP contribution in [0.15, 0.2) is 0 Å². The van der Waals surface area contributed by atoms with Gasteiger partial charge in [-0.05, 0) is 39.2 Å². The molecule has 2 unspecified atom stereocenters. The zero-order valence-corrected chi connectivity index (χ0v) is 11.0. The van der Waals surface area contributed by atoms with Crippen LogP contribution in [0.25, 0.3) is 0 Å². The average Bonchev–Trinajstić information content (AvgIpc) is 2.73. The predicted molar refractivity (Wildman–Crippen MR) is 69.0 cm³/mol. The summed E-state index contributed by atoms with van der Waals surface area (Å²) in [7, 11) is 0. The van der Waals surface area contributed by atoms with Gasteiger partial charge in [0.05, 0.1) is 6.04 Å². The van der Waals surface area contributed by atoms with Gasteiger partial charge in [0, 0.05) is 13.1 Å². The van der Waals surface area contributed by atoms with Gasteiger partial charge < -0.3 is 10.6 Å². The number of piperidine rings is 1. The van der Waals surface area contributed by atoms with E-state index in [0.29, 0.717) is 12.0 Å². The molecule has 1 saturated heterocycles. The summed E-state index contributed by atoms with van der Waals surface area (Å²) < 4.78 is 2.18. The number of aromatic nitrogens is 3. The van der Waals surface area contributed by atoms with E-state index in [-0.39, 0.29) is 0 Å². The topological polar surface area (TPSA) is 54.8 Å². The minimum absolute atomic E-state index is 0.351. The molecule has 2 atom stereocenters. The highest BCUT2D eigenvalue weighted by Crippen LogP contribution is 2.28. The van der Waals surface area contributed by atoms with Gasteiger partial charge in [-0.3, -0.25) is 4.57 Å². The molecule has 1 aliphatic heterocycles. The van der Waals surface area contributed by atoms with Gasteiger partial charge in [-0.25, -0.2) is 0 Å². The first-order valence-corrected chi connectivity index (χ1v) is 6.68. The van der Waals surface area contributed by atoms with Crippen LogP contribution in [0.5, 0.6) is 0 Å². The summed E-state index contributed by atoms with van der Waals surface area (Å²) in [6, 6.07) is 0.351. The molecule has 1 aromatic heterocycles. The largest absolute Gasteiger partial charge is 0.355 e. The van der Waals surface area contributed by atoms with Gasteiger partial charge in [0.15, 0.2) is 5.82 Å². The second kappa shape index (κ2) is 5.49. The Kier molecular flexibility index (Phi) is 3.99. The van der Waals surface area contributed by atoms with Gasteiger partial charge in [-0.1, -0.05) is 6.92 Å². The second-order valence-corrected chi connectivity index (χ2v) is 4.71. The summed E-state index contributed by atoms with van der Waals surface area (Å²) in [6.45, 7) is 9.39. The molecule has 2 heterocycles. The molecule has 0 radical (unpaired) electrons. The molecule has 2 rings (SSSR count). The van der Waals surface area contributed by atoms with Crippen molar-refractivity contribution in [3.8, 4) is 0 Å². The fraction of sp³-hybridized carbons (Fsp3) is 0.833. The zero-order chi connectivity index (χ0) is 12.3. The molecule has 0 spiro atoms. The predicted octanol–water partition coefficient (Wildman–Crippen LogP) is 1.79. The molecule has 1 fully saturated rings. The first-order chi connectivity index (χ1) is 8.27. The molecule has 5 heteroatoms. The van der Waals surface area contributed by atoms with Crippen LogP contribution in [-0.4, -0.2) is 27.9 Å². The molecule has 1 aliphatic rings. The Bertz CT molecular complexity index is 360. The van der Waals surface area contributed by atoms with E-state index in [9.17, 15) is 0 Å². The van der Waals surface area contributed by atoms with Gasteiger partial charge >= 0.3 is 0 Å². The van der Waals surface area contributed by atoms with Crippen LogP contribution in [0.4, 0.5) is 5.95 Å². The summed E-state index contributed by atoms with van der Waals surface area (Å²) in [5.41, 5.74) is 0. The molecule has 1 aromatic rings. The van der Waals surface area contributed by atoms with E-state index in [4.69, 9.17) is 0 Å². The quantitative estimate of drug-likeness (QED) is 0.838. The van der Waals surface area contributed by atoms with E-state index in [1.807, 2.05) is 0 Å². The van der Waals surface area contributed by atoms with Crippen LogP contribution in [-0.2, 0) is 6.54 Å². The second-order valence-electron chi connectivity index (χ2n) is 4.71. The fourth-order valence-corrected chi connectivity index (χ4v) is 2.54. The summed E-state index contributed by atoms with van der Waals surface area (Å²) in [4.78, 5) is 0. The van der Waals surface area contributed by atoms with Gasteiger partial charge in [0.25, 0.3) is 0 Å². The van der Waals surface area contributed by atoms with Crippen molar-refractivity contribution in [3.05, 3.63) is 5.82 Å². The van der Waals surface area contributed by atoms with Crippen LogP contribution in [0.1, 0.15) is 45.5 Å². The Balaban J connectivity index is 2.24. The van der Waals surface area contributed by atoms with Crippen molar-refractivity contribution in [2.45, 2.75) is 46.2 Å². The fourth-order valence-electron chi connectivity index (χ4n) is 2.54. The lowest BCUT2D eigenvalue weighted by Gasteiger charge is -2.29. The molecule has 2 N–H and O–H groups in total. The van der Waals surface area contributed by atoms with Crippen LogP contribution in [0.3, 0.4) is 0 Å². The van der Waals surface area contributed by atoms with Gasteiger partial charge in [-0.15, -0.1) is 10.2 Å². The Morgan fingerprint density at radius 3 is 2.88 bits per heavy atom. The minimum Gasteiger partial charge on any atom is -0.355 e. The SMILES string of the molecule is CCNc1nnc(C2NCCCC2C)n1CC. The Morgan fingerprint density at radius 2 is 2.24 bits per heavy atom. The first-order valence-electron chi connectivity index (χ1n) is 6.68. The lowest BCUT2D eigenvalue weighted by molar-refractivity contribution is 0.288. The van der Waals surface area contributed by atoms with E-state index < -0.39 is 0 Å². The number of nitrogens with one attached hydrogen (secondary N) is 2. The van der Waals surface area contributed by atoms with Crippen molar-refractivity contribution >= 4 is 5.95 Å². The molecule has 0 saturated carbocycles. The van der Waals surface area contributed by atoms with Crippen molar-refractivity contribution in [2.75, 3.05) is 18.4 Å². The number of hydrogen-bond donors (Lipinski definition) is 2. The lowest BCUT2D eigenvalue weighted by atomic mass is 9.92. The standard InChI is InChI=1S/C12H23N5/c1-4-13-12-16-15-11(17(12)5-2)10-9(3)7-6-8-14-10/h9-10,14H,4-8H2,1-3H3,(H,13,16). The maximum Gasteiger partial charge on any atom is 0.224 e. The van der Waals surface area contributed by atoms with E-state index in [1.165, 1.54) is 12.8 Å². The highest BCUT2D eigenvalue weighted by atomic mass is 15.4. The van der Waals surface area contributed by atoms with Gasteiger partial charge in [0.2, 0.25) is 5.95 Å². The average molecular weight is 237 g/mol. The van der Waals surface area contributed by atoms with Crippen molar-refractivity contribution in [2.24, 2.45) is 5.92 Å². The maximum absolute atomic E-state index is 4.37. The van der Waals surface area contributed by atoms with E-state index in [0.717, 1.165) is 31.4 Å². The highest BCUT2D eigenvalue weighted by Gasteiger charge is 2.27. The van der Waals surface area contributed by atoms with E-state index in [1.54, 1.807) is 0 Å². The number of anilines is 1. The van der Waals surface area contributed by atoms with Crippen LogP contribution in [0, 0.1) is 5.92 Å². The molecular formula is C12H23N5. The van der Waals surface area contributed by atoms with E-state index in [2.05, 4.69) is 46.2 Å². The normalized spacial score (nSPS) is 24.9. The van der Waals surface area contributed by atoms with Crippen LogP contribution in [0.2, 0.25) is 0 Å². The molecule has 17 heavy (non-hydrogen) atoms. The first kappa shape index (κ1) is 12.4. The van der Waals surface area contributed by atoms with Crippen molar-refractivity contribution < 1.29 is 0 Å². The third-order valence-corrected chi connectivity index (χ3v) is 3.48. The van der Waals surface area contributed by atoms with Crippen LogP contribution >= 0.6 is 0 Å². The summed E-state index contributed by atoms with van der Waals surface area (Å²) in [5, 5.41) is 15.4. The van der Waals surface area contributed by atoms with E-state index >= 15 is 0 Å². The third kappa shape index (κ3) is 2.44. The lowest BCUT2D eigenvalue weighted by Crippen LogP contribution is -2.34. The monoisotopic (exact) mass is 237 g/mol. The Morgan fingerprint density at radius 1 is 1.41 bits per heavy atom. The van der Waals surface area contributed by atoms with Gasteiger partial charge in [0.1, 0.15) is 0 Å². The highest BCUT2D eigenvalue weighted by molar-refractivity contribution is 5.26. The molecule has 0 amide bonds. The van der Waals surface area contributed by atoms with Crippen molar-refractivity contribution in [1.82, 2.24) is 20.1 Å². The zero-order valence-electron chi connectivity index (χ0n) is 11.0. The molecule has 0 bridgehead atoms. The molecule has 96 valence electrons. The minimum atomic E-state index is 0.351. The maximum atomic E-state index is 4.37. The molecular weight excluding hydrogens is 214 g/mol. The Hall–Kier alpha value is -1.10. The molecule has 0 aromatic carbocycles. The third-order valence-electron chi connectivity index (χ3n) is 3.48. The molecule has 5 nitrogen and oxygen atoms in total. The Labute approximate surface area is 103 Å². The number of rotatable bonds is 4. The summed E-state index contributed by atoms with van der Waals surface area (Å²) in [5.74, 6) is 2.60. The molecule has 0 aliphatic carbocycles. The van der Waals surface area contributed by atoms with Crippen LogP contribution < -0.4 is 10.6 Å². The smallest absolute Gasteiger partial charge is 0.224 e. The summed E-state index contributed by atoms with van der Waals surface area (Å²) >= 11 is 0. The van der Waals surface area contributed by atoms with Gasteiger partial charge in [-0.2, -0.15) is 0 Å². The van der Waals surface area contributed by atoms with Crippen molar-refractivity contribution in [3.63, 3.8) is 0 Å². The number of hydrogen-bond acceptors (Lipinski definition) is 4. The number of nitrogens with zero attached hydrogens (tertiary/aromatic N) is 3.